The van der Waals surface area contributed by atoms with E-state index in [0.717, 1.165) is 10.9 Å². The lowest BCUT2D eigenvalue weighted by molar-refractivity contribution is -0.130. The van der Waals surface area contributed by atoms with Gasteiger partial charge in [-0.2, -0.15) is 0 Å². The van der Waals surface area contributed by atoms with Gasteiger partial charge in [0.15, 0.2) is 0 Å². The third kappa shape index (κ3) is 2.48. The highest BCUT2D eigenvalue weighted by atomic mass is 16.4. The van der Waals surface area contributed by atoms with Crippen LogP contribution in [0.5, 0.6) is 0 Å². The summed E-state index contributed by atoms with van der Waals surface area (Å²) in [6, 6.07) is 9.20. The summed E-state index contributed by atoms with van der Waals surface area (Å²) in [5.41, 5.74) is 1.80. The van der Waals surface area contributed by atoms with Crippen molar-refractivity contribution in [2.24, 2.45) is 0 Å². The molecule has 2 rings (SSSR count). The molecule has 1 N–H and O–H groups in total. The summed E-state index contributed by atoms with van der Waals surface area (Å²) >= 11 is 0. The molecule has 0 bridgehead atoms. The molecule has 0 aliphatic carbocycles. The number of fused-ring (bicyclic) bond motifs is 1. The SMILES string of the molecule is CN(C)/C=C(/C(=O)O)c1ccc2ncccc2c1. The molecule has 0 unspecified atom stereocenters. The van der Waals surface area contributed by atoms with Crippen LogP contribution in [-0.4, -0.2) is 35.1 Å². The average molecular weight is 242 g/mol. The van der Waals surface area contributed by atoms with Crippen LogP contribution in [-0.2, 0) is 4.79 Å². The van der Waals surface area contributed by atoms with Crippen LogP contribution in [0.4, 0.5) is 0 Å². The van der Waals surface area contributed by atoms with Gasteiger partial charge in [-0.25, -0.2) is 4.79 Å². The first-order valence-corrected chi connectivity index (χ1v) is 5.54. The van der Waals surface area contributed by atoms with E-state index >= 15 is 0 Å². The lowest BCUT2D eigenvalue weighted by Crippen LogP contribution is -2.08. The molecule has 0 aliphatic rings. The second-order valence-corrected chi connectivity index (χ2v) is 4.22. The van der Waals surface area contributed by atoms with Crippen LogP contribution in [0.25, 0.3) is 16.5 Å². The minimum absolute atomic E-state index is 0.269. The fourth-order valence-electron chi connectivity index (χ4n) is 1.75. The zero-order chi connectivity index (χ0) is 13.1. The molecule has 0 spiro atoms. The third-order valence-electron chi connectivity index (χ3n) is 2.53. The summed E-state index contributed by atoms with van der Waals surface area (Å²) < 4.78 is 0. The number of rotatable bonds is 3. The van der Waals surface area contributed by atoms with E-state index in [9.17, 15) is 9.90 Å². The molecule has 0 amide bonds. The number of carbonyl (C=O) groups is 1. The maximum Gasteiger partial charge on any atom is 0.337 e. The maximum atomic E-state index is 11.3. The van der Waals surface area contributed by atoms with Crippen LogP contribution in [0.2, 0.25) is 0 Å². The first-order valence-electron chi connectivity index (χ1n) is 5.54. The first-order chi connectivity index (χ1) is 8.58. The van der Waals surface area contributed by atoms with Gasteiger partial charge in [0.2, 0.25) is 0 Å². The molecule has 0 aliphatic heterocycles. The minimum atomic E-state index is -0.938. The molecule has 1 aromatic carbocycles. The van der Waals surface area contributed by atoms with Gasteiger partial charge in [-0.3, -0.25) is 4.98 Å². The van der Waals surface area contributed by atoms with Gasteiger partial charge in [-0.1, -0.05) is 12.1 Å². The molecule has 0 atom stereocenters. The highest BCUT2D eigenvalue weighted by Gasteiger charge is 2.11. The van der Waals surface area contributed by atoms with Gasteiger partial charge in [0.05, 0.1) is 11.1 Å². The number of benzene rings is 1. The van der Waals surface area contributed by atoms with Crippen LogP contribution in [0.15, 0.2) is 42.7 Å². The number of aliphatic carboxylic acids is 1. The van der Waals surface area contributed by atoms with Crippen molar-refractivity contribution in [2.75, 3.05) is 14.1 Å². The number of carboxylic acid groups (broad SMARTS) is 1. The Balaban J connectivity index is 2.55. The van der Waals surface area contributed by atoms with Crippen molar-refractivity contribution in [1.82, 2.24) is 9.88 Å². The van der Waals surface area contributed by atoms with E-state index in [-0.39, 0.29) is 5.57 Å². The molecule has 1 heterocycles. The minimum Gasteiger partial charge on any atom is -0.478 e. The summed E-state index contributed by atoms with van der Waals surface area (Å²) in [4.78, 5) is 17.2. The molecular formula is C14H14N2O2. The molecule has 4 heteroatoms. The van der Waals surface area contributed by atoms with Gasteiger partial charge < -0.3 is 10.0 Å². The quantitative estimate of drug-likeness (QED) is 0.838. The lowest BCUT2D eigenvalue weighted by Gasteiger charge is -2.09. The first kappa shape index (κ1) is 12.1. The number of hydrogen-bond acceptors (Lipinski definition) is 3. The van der Waals surface area contributed by atoms with Crippen molar-refractivity contribution in [3.05, 3.63) is 48.3 Å². The van der Waals surface area contributed by atoms with Crippen LogP contribution in [0.3, 0.4) is 0 Å². The number of pyridine rings is 1. The van der Waals surface area contributed by atoms with Gasteiger partial charge in [0.25, 0.3) is 0 Å². The van der Waals surface area contributed by atoms with E-state index in [1.54, 1.807) is 37.5 Å². The van der Waals surface area contributed by atoms with Crippen LogP contribution >= 0.6 is 0 Å². The highest BCUT2D eigenvalue weighted by Crippen LogP contribution is 2.20. The van der Waals surface area contributed by atoms with Gasteiger partial charge >= 0.3 is 5.97 Å². The van der Waals surface area contributed by atoms with Crippen molar-refractivity contribution >= 4 is 22.4 Å². The van der Waals surface area contributed by atoms with Crippen molar-refractivity contribution < 1.29 is 9.90 Å². The number of nitrogens with zero attached hydrogens (tertiary/aromatic N) is 2. The van der Waals surface area contributed by atoms with Gasteiger partial charge in [-0.15, -0.1) is 0 Å². The molecular weight excluding hydrogens is 228 g/mol. The summed E-state index contributed by atoms with van der Waals surface area (Å²) in [5.74, 6) is -0.938. The monoisotopic (exact) mass is 242 g/mol. The van der Waals surface area contributed by atoms with E-state index in [1.807, 2.05) is 24.3 Å². The zero-order valence-corrected chi connectivity index (χ0v) is 10.3. The molecule has 2 aromatic rings. The van der Waals surface area contributed by atoms with Gasteiger partial charge in [-0.05, 0) is 23.8 Å². The molecule has 0 radical (unpaired) electrons. The predicted molar refractivity (Wildman–Crippen MR) is 71.0 cm³/mol. The van der Waals surface area contributed by atoms with Gasteiger partial charge in [0.1, 0.15) is 0 Å². The Morgan fingerprint density at radius 2 is 2.11 bits per heavy atom. The largest absolute Gasteiger partial charge is 0.478 e. The number of aromatic nitrogens is 1. The third-order valence-corrected chi connectivity index (χ3v) is 2.53. The second kappa shape index (κ2) is 4.87. The van der Waals surface area contributed by atoms with E-state index in [4.69, 9.17) is 0 Å². The van der Waals surface area contributed by atoms with Gasteiger partial charge in [0, 0.05) is 31.9 Å². The molecule has 1 aromatic heterocycles. The molecule has 0 saturated heterocycles. The van der Waals surface area contributed by atoms with Crippen molar-refractivity contribution in [3.8, 4) is 0 Å². The standard InChI is InChI=1S/C14H14N2O2/c1-16(2)9-12(14(17)18)10-5-6-13-11(8-10)4-3-7-15-13/h3-9H,1-2H3,(H,17,18)/b12-9+. The summed E-state index contributed by atoms with van der Waals surface area (Å²) in [7, 11) is 3.59. The Kier molecular flexibility index (Phi) is 3.28. The van der Waals surface area contributed by atoms with E-state index in [1.165, 1.54) is 0 Å². The summed E-state index contributed by atoms with van der Waals surface area (Å²) in [6.07, 6.45) is 3.32. The summed E-state index contributed by atoms with van der Waals surface area (Å²) in [6.45, 7) is 0. The molecule has 92 valence electrons. The molecule has 0 fully saturated rings. The van der Waals surface area contributed by atoms with Crippen molar-refractivity contribution in [3.63, 3.8) is 0 Å². The van der Waals surface area contributed by atoms with Crippen LogP contribution in [0, 0.1) is 0 Å². The second-order valence-electron chi connectivity index (χ2n) is 4.22. The van der Waals surface area contributed by atoms with E-state index < -0.39 is 5.97 Å². The Bertz CT molecular complexity index is 618. The smallest absolute Gasteiger partial charge is 0.337 e. The Morgan fingerprint density at radius 1 is 1.33 bits per heavy atom. The zero-order valence-electron chi connectivity index (χ0n) is 10.3. The Morgan fingerprint density at radius 3 is 2.78 bits per heavy atom. The molecule has 18 heavy (non-hydrogen) atoms. The fourth-order valence-corrected chi connectivity index (χ4v) is 1.75. The van der Waals surface area contributed by atoms with E-state index in [0.29, 0.717) is 5.56 Å². The van der Waals surface area contributed by atoms with Crippen molar-refractivity contribution in [1.29, 1.82) is 0 Å². The Hall–Kier alpha value is -2.36. The molecule has 4 nitrogen and oxygen atoms in total. The van der Waals surface area contributed by atoms with E-state index in [2.05, 4.69) is 4.98 Å². The number of carboxylic acids is 1. The van der Waals surface area contributed by atoms with Crippen LogP contribution in [0.1, 0.15) is 5.56 Å². The maximum absolute atomic E-state index is 11.3. The predicted octanol–water partition coefficient (Wildman–Crippen LogP) is 2.22. The summed E-state index contributed by atoms with van der Waals surface area (Å²) in [5, 5.41) is 10.2. The topological polar surface area (TPSA) is 53.4 Å². The normalized spacial score (nSPS) is 11.6. The van der Waals surface area contributed by atoms with Crippen molar-refractivity contribution in [2.45, 2.75) is 0 Å². The van der Waals surface area contributed by atoms with Crippen LogP contribution < -0.4 is 0 Å². The average Bonchev–Trinajstić information content (AvgIpc) is 2.35. The number of hydrogen-bond donors (Lipinski definition) is 1. The fraction of sp³-hybridized carbons (Fsp3) is 0.143. The lowest BCUT2D eigenvalue weighted by atomic mass is 10.0. The molecule has 0 saturated carbocycles. The Labute approximate surface area is 105 Å². The highest BCUT2D eigenvalue weighted by molar-refractivity contribution is 6.15.